The number of H-pyrrole nitrogens is 2. The van der Waals surface area contributed by atoms with Crippen LogP contribution in [0.4, 0.5) is 5.69 Å². The van der Waals surface area contributed by atoms with E-state index in [1.807, 2.05) is 74.2 Å². The summed E-state index contributed by atoms with van der Waals surface area (Å²) in [5, 5.41) is 8.73. The molecule has 33 heavy (non-hydrogen) atoms. The molecule has 0 radical (unpaired) electrons. The largest absolute Gasteiger partial charge is 0.376 e. The summed E-state index contributed by atoms with van der Waals surface area (Å²) in [7, 11) is 3.99. The van der Waals surface area contributed by atoms with Crippen LogP contribution in [-0.2, 0) is 0 Å². The van der Waals surface area contributed by atoms with Crippen LogP contribution in [0.15, 0.2) is 73.6 Å². The molecule has 0 spiro atoms. The summed E-state index contributed by atoms with van der Waals surface area (Å²) >= 11 is 0. The molecule has 0 saturated heterocycles. The molecule has 0 amide bonds. The lowest BCUT2D eigenvalue weighted by molar-refractivity contribution is 1.11. The van der Waals surface area contributed by atoms with Crippen molar-refractivity contribution in [2.75, 3.05) is 19.0 Å². The zero-order valence-corrected chi connectivity index (χ0v) is 18.1. The fourth-order valence-corrected chi connectivity index (χ4v) is 3.99. The highest BCUT2D eigenvalue weighted by Gasteiger charge is 2.16. The molecular formula is C25H20N8. The number of nitrogens with zero attached hydrogens (tertiary/aromatic N) is 6. The molecule has 6 aromatic heterocycles. The topological polar surface area (TPSA) is 99.3 Å². The molecule has 6 aromatic rings. The molecule has 0 aliphatic rings. The summed E-state index contributed by atoms with van der Waals surface area (Å²) in [5.41, 5.74) is 9.08. The molecule has 6 rings (SSSR count). The maximum atomic E-state index is 4.94. The van der Waals surface area contributed by atoms with Gasteiger partial charge in [-0.05, 0) is 30.3 Å². The smallest absolute Gasteiger partial charge is 0.135 e. The Balaban J connectivity index is 1.48. The number of nitrogens with one attached hydrogen (secondary N) is 2. The van der Waals surface area contributed by atoms with Gasteiger partial charge in [0.25, 0.3) is 0 Å². The fourth-order valence-electron chi connectivity index (χ4n) is 3.99. The SMILES string of the molecule is CN(C)c1cncc(-c2ccc3[nH]nc(-c4cc5c(-c6cccnc6)cncc5[nH]4)c3n2)c1. The van der Waals surface area contributed by atoms with E-state index in [1.165, 1.54) is 0 Å². The van der Waals surface area contributed by atoms with E-state index in [-0.39, 0.29) is 0 Å². The summed E-state index contributed by atoms with van der Waals surface area (Å²) in [4.78, 5) is 23.4. The van der Waals surface area contributed by atoms with Crippen LogP contribution in [0.2, 0.25) is 0 Å². The number of anilines is 1. The minimum atomic E-state index is 0.761. The lowest BCUT2D eigenvalue weighted by atomic mass is 10.1. The van der Waals surface area contributed by atoms with Crippen molar-refractivity contribution in [2.45, 2.75) is 0 Å². The summed E-state index contributed by atoms with van der Waals surface area (Å²) < 4.78 is 0. The average Bonchev–Trinajstić information content (AvgIpc) is 3.48. The first-order valence-electron chi connectivity index (χ1n) is 10.5. The third-order valence-electron chi connectivity index (χ3n) is 5.72. The summed E-state index contributed by atoms with van der Waals surface area (Å²) in [6.45, 7) is 0. The number of hydrogen-bond acceptors (Lipinski definition) is 6. The van der Waals surface area contributed by atoms with E-state index in [4.69, 9.17) is 4.98 Å². The Morgan fingerprint density at radius 1 is 0.818 bits per heavy atom. The highest BCUT2D eigenvalue weighted by molar-refractivity contribution is 5.99. The van der Waals surface area contributed by atoms with E-state index < -0.39 is 0 Å². The van der Waals surface area contributed by atoms with Crippen molar-refractivity contribution in [3.63, 3.8) is 0 Å². The second-order valence-corrected chi connectivity index (χ2v) is 8.06. The Bertz CT molecular complexity index is 1600. The Labute approximate surface area is 189 Å². The number of aromatic amines is 2. The molecule has 0 bridgehead atoms. The minimum absolute atomic E-state index is 0.761. The van der Waals surface area contributed by atoms with Gasteiger partial charge in [0.2, 0.25) is 0 Å². The molecule has 160 valence electrons. The van der Waals surface area contributed by atoms with Gasteiger partial charge in [0.1, 0.15) is 11.2 Å². The standard InChI is InChI=1S/C25H20N8/c1-33(2)17-8-16(11-27-12-17)20-5-6-21-24(30-20)25(32-31-21)22-9-18-19(13-28-14-23(18)29-22)15-4-3-7-26-10-15/h3-14,29H,1-2H3,(H,31,32). The van der Waals surface area contributed by atoms with Gasteiger partial charge < -0.3 is 9.88 Å². The van der Waals surface area contributed by atoms with E-state index in [9.17, 15) is 0 Å². The van der Waals surface area contributed by atoms with E-state index in [2.05, 4.69) is 42.3 Å². The first kappa shape index (κ1) is 19.1. The van der Waals surface area contributed by atoms with Crippen LogP contribution >= 0.6 is 0 Å². The highest BCUT2D eigenvalue weighted by atomic mass is 15.1. The molecule has 0 fully saturated rings. The lowest BCUT2D eigenvalue weighted by Gasteiger charge is -2.12. The molecule has 0 atom stereocenters. The maximum absolute atomic E-state index is 4.94. The van der Waals surface area contributed by atoms with Crippen molar-refractivity contribution in [1.82, 2.24) is 35.1 Å². The maximum Gasteiger partial charge on any atom is 0.135 e. The van der Waals surface area contributed by atoms with Gasteiger partial charge in [0.05, 0.1) is 40.5 Å². The predicted molar refractivity (Wildman–Crippen MR) is 130 cm³/mol. The van der Waals surface area contributed by atoms with Gasteiger partial charge in [-0.1, -0.05) is 6.07 Å². The third kappa shape index (κ3) is 3.28. The number of pyridine rings is 4. The second kappa shape index (κ2) is 7.52. The average molecular weight is 432 g/mol. The zero-order chi connectivity index (χ0) is 22.4. The molecule has 0 unspecified atom stereocenters. The second-order valence-electron chi connectivity index (χ2n) is 8.06. The van der Waals surface area contributed by atoms with Gasteiger partial charge in [-0.15, -0.1) is 0 Å². The third-order valence-corrected chi connectivity index (χ3v) is 5.72. The van der Waals surface area contributed by atoms with E-state index in [0.717, 1.165) is 61.4 Å². The van der Waals surface area contributed by atoms with Crippen LogP contribution < -0.4 is 4.90 Å². The van der Waals surface area contributed by atoms with Crippen LogP contribution in [0, 0.1) is 0 Å². The predicted octanol–water partition coefficient (Wildman–Crippen LogP) is 4.69. The Morgan fingerprint density at radius 3 is 2.55 bits per heavy atom. The first-order chi connectivity index (χ1) is 16.2. The minimum Gasteiger partial charge on any atom is -0.376 e. The lowest BCUT2D eigenvalue weighted by Crippen LogP contribution is -2.08. The quantitative estimate of drug-likeness (QED) is 0.419. The van der Waals surface area contributed by atoms with Crippen LogP contribution in [-0.4, -0.2) is 49.2 Å². The molecule has 2 N–H and O–H groups in total. The van der Waals surface area contributed by atoms with Gasteiger partial charge in [0.15, 0.2) is 0 Å². The highest BCUT2D eigenvalue weighted by Crippen LogP contribution is 2.33. The van der Waals surface area contributed by atoms with Crippen LogP contribution in [0.3, 0.4) is 0 Å². The van der Waals surface area contributed by atoms with E-state index in [1.54, 1.807) is 6.20 Å². The first-order valence-corrected chi connectivity index (χ1v) is 10.5. The van der Waals surface area contributed by atoms with Crippen molar-refractivity contribution in [3.05, 3.63) is 73.6 Å². The number of fused-ring (bicyclic) bond motifs is 2. The van der Waals surface area contributed by atoms with Gasteiger partial charge in [-0.3, -0.25) is 20.1 Å². The Hall–Kier alpha value is -4.59. The fraction of sp³-hybridized carbons (Fsp3) is 0.0800. The van der Waals surface area contributed by atoms with Gasteiger partial charge in [-0.2, -0.15) is 5.10 Å². The summed E-state index contributed by atoms with van der Waals surface area (Å²) in [6.07, 6.45) is 11.0. The Kier molecular flexibility index (Phi) is 4.36. The molecule has 8 nitrogen and oxygen atoms in total. The van der Waals surface area contributed by atoms with Crippen LogP contribution in [0.5, 0.6) is 0 Å². The monoisotopic (exact) mass is 432 g/mol. The number of rotatable bonds is 4. The van der Waals surface area contributed by atoms with Gasteiger partial charge in [0, 0.05) is 61.0 Å². The number of hydrogen-bond donors (Lipinski definition) is 2. The zero-order valence-electron chi connectivity index (χ0n) is 18.1. The molecule has 0 aromatic carbocycles. The summed E-state index contributed by atoms with van der Waals surface area (Å²) in [6, 6.07) is 12.1. The van der Waals surface area contributed by atoms with Gasteiger partial charge >= 0.3 is 0 Å². The van der Waals surface area contributed by atoms with Crippen molar-refractivity contribution in [3.8, 4) is 33.8 Å². The molecule has 0 aliphatic carbocycles. The Morgan fingerprint density at radius 2 is 1.70 bits per heavy atom. The van der Waals surface area contributed by atoms with Crippen LogP contribution in [0.1, 0.15) is 0 Å². The molecule has 0 saturated carbocycles. The van der Waals surface area contributed by atoms with Crippen molar-refractivity contribution < 1.29 is 0 Å². The van der Waals surface area contributed by atoms with Gasteiger partial charge in [-0.25, -0.2) is 4.98 Å². The molecule has 0 aliphatic heterocycles. The molecular weight excluding hydrogens is 412 g/mol. The molecule has 6 heterocycles. The van der Waals surface area contributed by atoms with Crippen LogP contribution in [0.25, 0.3) is 55.7 Å². The van der Waals surface area contributed by atoms with Crippen molar-refractivity contribution in [1.29, 1.82) is 0 Å². The summed E-state index contributed by atoms with van der Waals surface area (Å²) in [5.74, 6) is 0. The van der Waals surface area contributed by atoms with E-state index in [0.29, 0.717) is 0 Å². The van der Waals surface area contributed by atoms with Crippen molar-refractivity contribution in [2.24, 2.45) is 0 Å². The normalized spacial score (nSPS) is 11.3. The number of aromatic nitrogens is 7. The molecule has 8 heteroatoms. The van der Waals surface area contributed by atoms with Crippen molar-refractivity contribution >= 4 is 27.6 Å². The van der Waals surface area contributed by atoms with E-state index >= 15 is 0 Å².